The Morgan fingerprint density at radius 2 is 1.87 bits per heavy atom. The second kappa shape index (κ2) is 7.06. The third-order valence-corrected chi connectivity index (χ3v) is 4.70. The Hall–Kier alpha value is -1.98. The zero-order chi connectivity index (χ0) is 16.2. The van der Waals surface area contributed by atoms with Crippen LogP contribution in [0.4, 0.5) is 11.7 Å². The zero-order valence-electron chi connectivity index (χ0n) is 12.8. The Labute approximate surface area is 144 Å². The van der Waals surface area contributed by atoms with Gasteiger partial charge in [-0.15, -0.1) is 0 Å². The van der Waals surface area contributed by atoms with Crippen molar-refractivity contribution in [1.29, 1.82) is 0 Å². The molecule has 4 nitrogen and oxygen atoms in total. The van der Waals surface area contributed by atoms with E-state index in [2.05, 4.69) is 46.7 Å². The lowest BCUT2D eigenvalue weighted by atomic mass is 10.2. The standard InChI is InChI=1S/C17H16ClN3OS/c1-11-6-8-13(9-7-11)10-23-17-21-20-16(22-17)19-15-5-3-4-14(18)12(15)2/h3-9H,10H2,1-2H3,(H,19,20). The SMILES string of the molecule is Cc1ccc(CSc2nnc(Nc3cccc(Cl)c3C)o2)cc1. The second-order valence-corrected chi connectivity index (χ2v) is 6.52. The van der Waals surface area contributed by atoms with Gasteiger partial charge in [0.25, 0.3) is 5.22 Å². The van der Waals surface area contributed by atoms with Gasteiger partial charge >= 0.3 is 6.01 Å². The van der Waals surface area contributed by atoms with E-state index in [1.807, 2.05) is 25.1 Å². The quantitative estimate of drug-likeness (QED) is 0.629. The van der Waals surface area contributed by atoms with Crippen LogP contribution in [0.1, 0.15) is 16.7 Å². The summed E-state index contributed by atoms with van der Waals surface area (Å²) in [7, 11) is 0. The summed E-state index contributed by atoms with van der Waals surface area (Å²) in [5.74, 6) is 0.790. The lowest BCUT2D eigenvalue weighted by molar-refractivity contribution is 0.468. The molecular weight excluding hydrogens is 330 g/mol. The number of rotatable bonds is 5. The molecule has 0 bridgehead atoms. The maximum absolute atomic E-state index is 6.10. The van der Waals surface area contributed by atoms with E-state index in [9.17, 15) is 0 Å². The highest BCUT2D eigenvalue weighted by molar-refractivity contribution is 7.98. The van der Waals surface area contributed by atoms with Crippen molar-refractivity contribution in [3.05, 3.63) is 64.2 Å². The van der Waals surface area contributed by atoms with Crippen molar-refractivity contribution in [2.45, 2.75) is 24.8 Å². The average molecular weight is 346 g/mol. The highest BCUT2D eigenvalue weighted by Gasteiger charge is 2.09. The number of anilines is 2. The molecule has 3 aromatic rings. The lowest BCUT2D eigenvalue weighted by Crippen LogP contribution is -1.93. The van der Waals surface area contributed by atoms with Gasteiger partial charge < -0.3 is 9.73 Å². The fourth-order valence-electron chi connectivity index (χ4n) is 2.01. The topological polar surface area (TPSA) is 51.0 Å². The van der Waals surface area contributed by atoms with Crippen LogP contribution >= 0.6 is 23.4 Å². The Morgan fingerprint density at radius 1 is 1.09 bits per heavy atom. The van der Waals surface area contributed by atoms with Crippen molar-refractivity contribution in [1.82, 2.24) is 10.2 Å². The van der Waals surface area contributed by atoms with Gasteiger partial charge in [-0.3, -0.25) is 0 Å². The summed E-state index contributed by atoms with van der Waals surface area (Å²) in [6.07, 6.45) is 0. The van der Waals surface area contributed by atoms with E-state index in [-0.39, 0.29) is 0 Å². The summed E-state index contributed by atoms with van der Waals surface area (Å²) < 4.78 is 5.61. The van der Waals surface area contributed by atoms with E-state index < -0.39 is 0 Å². The van der Waals surface area contributed by atoms with E-state index in [0.717, 1.165) is 17.0 Å². The summed E-state index contributed by atoms with van der Waals surface area (Å²) in [4.78, 5) is 0. The predicted octanol–water partition coefficient (Wildman–Crippen LogP) is 5.38. The first-order chi connectivity index (χ1) is 11.1. The summed E-state index contributed by atoms with van der Waals surface area (Å²) in [5.41, 5.74) is 4.27. The number of thioether (sulfide) groups is 1. The smallest absolute Gasteiger partial charge is 0.320 e. The van der Waals surface area contributed by atoms with Gasteiger partial charge in [-0.05, 0) is 37.1 Å². The molecule has 6 heteroatoms. The number of hydrogen-bond acceptors (Lipinski definition) is 5. The molecule has 0 aliphatic carbocycles. The molecule has 2 aromatic carbocycles. The van der Waals surface area contributed by atoms with E-state index in [4.69, 9.17) is 16.0 Å². The molecule has 0 spiro atoms. The third kappa shape index (κ3) is 4.06. The number of nitrogens with one attached hydrogen (secondary N) is 1. The van der Waals surface area contributed by atoms with Gasteiger partial charge in [-0.2, -0.15) is 0 Å². The average Bonchev–Trinajstić information content (AvgIpc) is 2.99. The highest BCUT2D eigenvalue weighted by Crippen LogP contribution is 2.28. The van der Waals surface area contributed by atoms with E-state index in [0.29, 0.717) is 16.3 Å². The van der Waals surface area contributed by atoms with Gasteiger partial charge in [0.15, 0.2) is 0 Å². The van der Waals surface area contributed by atoms with Crippen molar-refractivity contribution < 1.29 is 4.42 Å². The third-order valence-electron chi connectivity index (χ3n) is 3.40. The summed E-state index contributed by atoms with van der Waals surface area (Å²) in [5, 5.41) is 12.4. The first-order valence-corrected chi connectivity index (χ1v) is 8.52. The number of halogens is 1. The molecule has 0 aliphatic heterocycles. The maximum Gasteiger partial charge on any atom is 0.320 e. The van der Waals surface area contributed by atoms with Crippen LogP contribution in [0.2, 0.25) is 5.02 Å². The maximum atomic E-state index is 6.10. The summed E-state index contributed by atoms with van der Waals surface area (Å²) in [6.45, 7) is 4.01. The number of hydrogen-bond donors (Lipinski definition) is 1. The minimum absolute atomic E-state index is 0.363. The summed E-state index contributed by atoms with van der Waals surface area (Å²) in [6, 6.07) is 14.4. The van der Waals surface area contributed by atoms with Gasteiger partial charge in [-0.25, -0.2) is 0 Å². The fraction of sp³-hybridized carbons (Fsp3) is 0.176. The first kappa shape index (κ1) is 15.9. The molecule has 1 heterocycles. The van der Waals surface area contributed by atoms with Gasteiger partial charge in [-0.1, -0.05) is 69.5 Å². The van der Waals surface area contributed by atoms with Crippen LogP contribution in [-0.4, -0.2) is 10.2 Å². The van der Waals surface area contributed by atoms with Crippen LogP contribution in [0.15, 0.2) is 52.1 Å². The number of aromatic nitrogens is 2. The molecular formula is C17H16ClN3OS. The van der Waals surface area contributed by atoms with Gasteiger partial charge in [0, 0.05) is 16.5 Å². The minimum atomic E-state index is 0.363. The fourth-order valence-corrected chi connectivity index (χ4v) is 2.90. The molecule has 0 radical (unpaired) electrons. The molecule has 1 aromatic heterocycles. The molecule has 0 unspecified atom stereocenters. The van der Waals surface area contributed by atoms with Crippen LogP contribution in [0.3, 0.4) is 0 Å². The number of aryl methyl sites for hydroxylation is 1. The Balaban J connectivity index is 1.64. The van der Waals surface area contributed by atoms with E-state index in [1.165, 1.54) is 22.9 Å². The molecule has 0 aliphatic rings. The molecule has 0 saturated carbocycles. The molecule has 1 N–H and O–H groups in total. The van der Waals surface area contributed by atoms with Crippen LogP contribution in [0.25, 0.3) is 0 Å². The number of nitrogens with zero attached hydrogens (tertiary/aromatic N) is 2. The van der Waals surface area contributed by atoms with Crippen LogP contribution in [0, 0.1) is 13.8 Å². The zero-order valence-corrected chi connectivity index (χ0v) is 14.4. The van der Waals surface area contributed by atoms with Crippen LogP contribution < -0.4 is 5.32 Å². The normalized spacial score (nSPS) is 10.7. The molecule has 0 atom stereocenters. The molecule has 0 saturated heterocycles. The number of benzene rings is 2. The van der Waals surface area contributed by atoms with Crippen LogP contribution in [-0.2, 0) is 5.75 Å². The molecule has 0 fully saturated rings. The Morgan fingerprint density at radius 3 is 2.65 bits per heavy atom. The van der Waals surface area contributed by atoms with E-state index in [1.54, 1.807) is 0 Å². The Bertz CT molecular complexity index is 802. The second-order valence-electron chi connectivity index (χ2n) is 5.18. The van der Waals surface area contributed by atoms with Gasteiger partial charge in [0.2, 0.25) is 0 Å². The molecule has 23 heavy (non-hydrogen) atoms. The highest BCUT2D eigenvalue weighted by atomic mass is 35.5. The van der Waals surface area contributed by atoms with Crippen molar-refractivity contribution in [3.8, 4) is 0 Å². The van der Waals surface area contributed by atoms with Crippen molar-refractivity contribution in [2.24, 2.45) is 0 Å². The van der Waals surface area contributed by atoms with Gasteiger partial charge in [0.05, 0.1) is 0 Å². The predicted molar refractivity (Wildman–Crippen MR) is 94.5 cm³/mol. The largest absolute Gasteiger partial charge is 0.398 e. The monoisotopic (exact) mass is 345 g/mol. The molecule has 3 rings (SSSR count). The van der Waals surface area contributed by atoms with Crippen molar-refractivity contribution in [3.63, 3.8) is 0 Å². The summed E-state index contributed by atoms with van der Waals surface area (Å²) >= 11 is 7.61. The minimum Gasteiger partial charge on any atom is -0.398 e. The Kier molecular flexibility index (Phi) is 4.88. The van der Waals surface area contributed by atoms with E-state index >= 15 is 0 Å². The van der Waals surface area contributed by atoms with Gasteiger partial charge in [0.1, 0.15) is 0 Å². The molecule has 0 amide bonds. The molecule has 118 valence electrons. The van der Waals surface area contributed by atoms with Crippen LogP contribution in [0.5, 0.6) is 0 Å². The van der Waals surface area contributed by atoms with Crippen molar-refractivity contribution in [2.75, 3.05) is 5.32 Å². The van der Waals surface area contributed by atoms with Crippen molar-refractivity contribution >= 4 is 35.1 Å². The first-order valence-electron chi connectivity index (χ1n) is 7.16. The lowest BCUT2D eigenvalue weighted by Gasteiger charge is -2.06.